The lowest BCUT2D eigenvalue weighted by atomic mass is 9.78. The number of aryl methyl sites for hydroxylation is 1. The maximum atomic E-state index is 14.7. The Bertz CT molecular complexity index is 2540. The van der Waals surface area contributed by atoms with E-state index in [2.05, 4.69) is 64.9 Å². The molecular formula is C51H66N8O8. The van der Waals surface area contributed by atoms with Crippen molar-refractivity contribution in [3.05, 3.63) is 71.5 Å². The number of aromatic nitrogens is 2. The zero-order valence-electron chi connectivity index (χ0n) is 40.0. The van der Waals surface area contributed by atoms with E-state index >= 15 is 0 Å². The van der Waals surface area contributed by atoms with Crippen molar-refractivity contribution in [3.8, 4) is 28.1 Å². The van der Waals surface area contributed by atoms with Gasteiger partial charge in [-0.25, -0.2) is 5.43 Å². The molecule has 1 unspecified atom stereocenters. The van der Waals surface area contributed by atoms with E-state index in [-0.39, 0.29) is 67.2 Å². The van der Waals surface area contributed by atoms with Crippen molar-refractivity contribution in [1.82, 2.24) is 40.8 Å². The topological polar surface area (TPSA) is 206 Å². The second kappa shape index (κ2) is 19.4. The number of methoxy groups -OCH3 is 1. The van der Waals surface area contributed by atoms with Crippen LogP contribution < -0.4 is 21.4 Å². The molecule has 3 aliphatic heterocycles. The highest BCUT2D eigenvalue weighted by atomic mass is 16.5. The number of rotatable bonds is 11. The fraction of sp³-hybridized carbons (Fsp3) is 0.529. The number of carbonyl (C=O) groups excluding carboxylic acids is 5. The molecular weight excluding hydrogens is 853 g/mol. The highest BCUT2D eigenvalue weighted by molar-refractivity contribution is 5.96. The second-order valence-electron chi connectivity index (χ2n) is 20.0. The molecule has 67 heavy (non-hydrogen) atoms. The number of amides is 4. The van der Waals surface area contributed by atoms with Crippen LogP contribution in [0.3, 0.4) is 0 Å². The molecule has 5 heterocycles. The molecule has 1 aliphatic carbocycles. The summed E-state index contributed by atoms with van der Waals surface area (Å²) in [6, 6.07) is 12.3. The third kappa shape index (κ3) is 10.1. The average molecular weight is 919 g/mol. The van der Waals surface area contributed by atoms with Crippen LogP contribution in [0.15, 0.2) is 54.7 Å². The van der Waals surface area contributed by atoms with Crippen molar-refractivity contribution in [2.24, 2.45) is 17.3 Å². The van der Waals surface area contributed by atoms with Crippen LogP contribution in [0, 0.1) is 17.3 Å². The van der Waals surface area contributed by atoms with Crippen LogP contribution in [0.5, 0.6) is 5.75 Å². The molecule has 0 radical (unpaired) electrons. The largest absolute Gasteiger partial charge is 0.508 e. The summed E-state index contributed by atoms with van der Waals surface area (Å²) in [5.74, 6) is -2.39. The number of esters is 1. The number of nitrogens with zero attached hydrogens (tertiary/aromatic N) is 4. The summed E-state index contributed by atoms with van der Waals surface area (Å²) < 4.78 is 14.2. The molecule has 2 aromatic heterocycles. The lowest BCUT2D eigenvalue weighted by molar-refractivity contribution is -0.155. The number of hydrazine groups is 1. The van der Waals surface area contributed by atoms with E-state index in [9.17, 15) is 29.1 Å². The standard InChI is InChI=1S/C51H66N8O8/c1-9-58-42-15-14-31-24-37(42)38(45(58)36-12-10-16-52-43(36)29(4)66-8)25-51(5,6)27-67-50(65)39-13-11-17-59(56-39)49(64)40(20-30-18-32(31)23-35(60)19-30)55-47(62)44(28(2)3)57(7)48(63)33-21-34(22-33)54-46(61)41-26-53-41/h10,12,14-16,18-19,23-24,28-29,33-34,39-41,44,53,56,60H,9,11,13,17,20-22,25-27H2,1-8H3,(H,54,61)(H,55,62)/t29-,33?,34?,39-,40-,41+,44?/m0/s1. The first kappa shape index (κ1) is 47.6. The molecule has 4 aliphatic rings. The van der Waals surface area contributed by atoms with Crippen LogP contribution >= 0.6 is 0 Å². The Hall–Kier alpha value is -5.84. The minimum Gasteiger partial charge on any atom is -0.508 e. The lowest BCUT2D eigenvalue weighted by Crippen LogP contribution is -2.62. The van der Waals surface area contributed by atoms with Crippen LogP contribution in [-0.2, 0) is 52.8 Å². The third-order valence-electron chi connectivity index (χ3n) is 13.9. The van der Waals surface area contributed by atoms with Gasteiger partial charge in [-0.3, -0.25) is 34.0 Å². The lowest BCUT2D eigenvalue weighted by Gasteiger charge is -2.40. The van der Waals surface area contributed by atoms with Crippen LogP contribution in [0.4, 0.5) is 0 Å². The van der Waals surface area contributed by atoms with Crippen LogP contribution in [0.25, 0.3) is 33.3 Å². The van der Waals surface area contributed by atoms with Gasteiger partial charge in [-0.05, 0) is 111 Å². The number of phenols is 1. The highest BCUT2D eigenvalue weighted by Crippen LogP contribution is 2.42. The number of benzene rings is 2. The Morgan fingerprint density at radius 3 is 2.52 bits per heavy atom. The number of ether oxygens (including phenoxy) is 2. The zero-order valence-corrected chi connectivity index (χ0v) is 40.0. The predicted octanol–water partition coefficient (Wildman–Crippen LogP) is 4.80. The zero-order chi connectivity index (χ0) is 47.9. The molecule has 4 amide bonds. The Kier molecular flexibility index (Phi) is 13.8. The number of carbonyl (C=O) groups is 5. The van der Waals surface area contributed by atoms with Gasteiger partial charge in [0.25, 0.3) is 5.91 Å². The molecule has 5 atom stereocenters. The van der Waals surface area contributed by atoms with Crippen molar-refractivity contribution in [2.45, 2.75) is 123 Å². The van der Waals surface area contributed by atoms with Crippen molar-refractivity contribution in [3.63, 3.8) is 0 Å². The summed E-state index contributed by atoms with van der Waals surface area (Å²) in [5.41, 5.74) is 9.58. The predicted molar refractivity (Wildman–Crippen MR) is 253 cm³/mol. The van der Waals surface area contributed by atoms with Gasteiger partial charge in [-0.15, -0.1) is 0 Å². The van der Waals surface area contributed by atoms with E-state index in [0.717, 1.165) is 44.5 Å². The summed E-state index contributed by atoms with van der Waals surface area (Å²) in [5, 5.41) is 22.7. The normalized spacial score (nSPS) is 23.7. The maximum Gasteiger partial charge on any atom is 0.324 e. The Morgan fingerprint density at radius 1 is 1.06 bits per heavy atom. The van der Waals surface area contributed by atoms with Gasteiger partial charge in [0.15, 0.2) is 0 Å². The number of phenolic OH excluding ortho intramolecular Hbond substituents is 1. The molecule has 5 N–H and O–H groups in total. The molecule has 2 saturated heterocycles. The minimum absolute atomic E-state index is 0.00110. The number of pyridine rings is 1. The number of hydrogen-bond acceptors (Lipinski definition) is 11. The van der Waals surface area contributed by atoms with E-state index in [1.807, 2.05) is 39.0 Å². The van der Waals surface area contributed by atoms with Gasteiger partial charge in [-0.2, -0.15) is 0 Å². The van der Waals surface area contributed by atoms with Crippen LogP contribution in [-0.4, -0.2) is 118 Å². The summed E-state index contributed by atoms with van der Waals surface area (Å²) in [6.07, 6.45) is 3.96. The maximum absolute atomic E-state index is 14.7. The fourth-order valence-electron chi connectivity index (χ4n) is 10.2. The van der Waals surface area contributed by atoms with E-state index in [4.69, 9.17) is 14.5 Å². The summed E-state index contributed by atoms with van der Waals surface area (Å²) in [4.78, 5) is 75.5. The molecule has 3 fully saturated rings. The SMILES string of the molecule is CCn1c(-c2cccnc2[C@H](C)OC)c2c3cc(ccc31)-c1cc(O)cc(c1)C[C@H](NC(=O)C(C(C)C)N(C)C(=O)C1CC(NC(=O)[C@H]3CN3)C1)C(=O)N1CCC[C@H](N1)C(=O)OCC(C)(C)C2. The van der Waals surface area contributed by atoms with Gasteiger partial charge in [0.2, 0.25) is 17.7 Å². The van der Waals surface area contributed by atoms with Gasteiger partial charge in [0.05, 0.1) is 30.1 Å². The molecule has 8 rings (SSSR count). The first-order valence-electron chi connectivity index (χ1n) is 23.8. The van der Waals surface area contributed by atoms with Crippen LogP contribution in [0.1, 0.15) is 90.2 Å². The van der Waals surface area contributed by atoms with Crippen molar-refractivity contribution >= 4 is 40.5 Å². The van der Waals surface area contributed by atoms with Crippen molar-refractivity contribution < 1.29 is 38.6 Å². The number of aromatic hydroxyl groups is 1. The first-order valence-corrected chi connectivity index (χ1v) is 23.8. The highest BCUT2D eigenvalue weighted by Gasteiger charge is 2.43. The third-order valence-corrected chi connectivity index (χ3v) is 13.9. The first-order chi connectivity index (χ1) is 32.0. The molecule has 358 valence electrons. The number of hydrogen-bond donors (Lipinski definition) is 5. The Morgan fingerprint density at radius 2 is 1.82 bits per heavy atom. The van der Waals surface area contributed by atoms with Gasteiger partial charge >= 0.3 is 5.97 Å². The smallest absolute Gasteiger partial charge is 0.324 e. The summed E-state index contributed by atoms with van der Waals surface area (Å²) >= 11 is 0. The minimum atomic E-state index is -1.15. The second-order valence-corrected chi connectivity index (χ2v) is 20.0. The van der Waals surface area contributed by atoms with Gasteiger partial charge in [0, 0.05) is 80.3 Å². The molecule has 16 nitrogen and oxygen atoms in total. The van der Waals surface area contributed by atoms with Gasteiger partial charge in [-0.1, -0.05) is 39.8 Å². The number of cyclic esters (lactones) is 1. The summed E-state index contributed by atoms with van der Waals surface area (Å²) in [6.45, 7) is 13.7. The van der Waals surface area contributed by atoms with Crippen molar-refractivity contribution in [2.75, 3.05) is 33.9 Å². The van der Waals surface area contributed by atoms with E-state index in [1.54, 1.807) is 32.5 Å². The Balaban J connectivity index is 1.16. The average Bonchev–Trinajstić information content (AvgIpc) is 4.11. The quantitative estimate of drug-likeness (QED) is 0.102. The molecule has 2 aromatic carbocycles. The van der Waals surface area contributed by atoms with E-state index in [1.165, 1.54) is 9.91 Å². The fourth-order valence-corrected chi connectivity index (χ4v) is 10.2. The molecule has 4 aromatic rings. The van der Waals surface area contributed by atoms with Gasteiger partial charge in [0.1, 0.15) is 23.9 Å². The Labute approximate surface area is 392 Å². The molecule has 16 heteroatoms. The molecule has 6 bridgehead atoms. The monoisotopic (exact) mass is 919 g/mol. The number of fused-ring (bicyclic) bond motifs is 6. The molecule has 1 saturated carbocycles. The number of nitrogens with one attached hydrogen (secondary N) is 4. The van der Waals surface area contributed by atoms with Gasteiger partial charge < -0.3 is 40.0 Å². The van der Waals surface area contributed by atoms with E-state index < -0.39 is 41.3 Å². The number of likely N-dealkylation sites (N-methyl/N-ethyl adjacent to an activating group) is 1. The molecule has 0 spiro atoms. The summed E-state index contributed by atoms with van der Waals surface area (Å²) in [7, 11) is 3.28. The van der Waals surface area contributed by atoms with Crippen LogP contribution in [0.2, 0.25) is 0 Å². The van der Waals surface area contributed by atoms with E-state index in [0.29, 0.717) is 50.8 Å². The van der Waals surface area contributed by atoms with Crippen molar-refractivity contribution in [1.29, 1.82) is 0 Å².